The summed E-state index contributed by atoms with van der Waals surface area (Å²) in [6, 6.07) is 10.3. The molecular formula is C26H23N3O9S2. The minimum absolute atomic E-state index is 0.142. The maximum Gasteiger partial charge on any atom is 0.326 e. The monoisotopic (exact) mass is 585 g/mol. The van der Waals surface area contributed by atoms with Gasteiger partial charge in [-0.25, -0.2) is 4.90 Å². The van der Waals surface area contributed by atoms with Gasteiger partial charge in [-0.2, -0.15) is 0 Å². The number of nitro groups is 1. The third-order valence-corrected chi connectivity index (χ3v) is 9.33. The number of hydrogen-bond acceptors (Lipinski definition) is 11. The standard InChI is InChI=1S/C26H23N3O9S2/c1-4-38-18(30)12-27-25-22(40-26(27)33)19(13-5-10-16(36-2)17(11-13)37-3)20-21(39-25)24(32)28(23(20)31)14-6-8-15(9-7-14)29(34)35/h5-11,19-21H,4,12H2,1-3H3/t19-,20?,21?/m1/s1. The van der Waals surface area contributed by atoms with E-state index in [2.05, 4.69) is 0 Å². The fourth-order valence-corrected chi connectivity index (χ4v) is 7.75. The van der Waals surface area contributed by atoms with Gasteiger partial charge in [-0.1, -0.05) is 29.2 Å². The van der Waals surface area contributed by atoms with Crippen LogP contribution in [0, 0.1) is 16.0 Å². The Morgan fingerprint density at radius 2 is 1.73 bits per heavy atom. The number of non-ortho nitro benzene ring substituents is 1. The fourth-order valence-electron chi connectivity index (χ4n) is 4.97. The smallest absolute Gasteiger partial charge is 0.326 e. The van der Waals surface area contributed by atoms with E-state index < -0.39 is 44.7 Å². The summed E-state index contributed by atoms with van der Waals surface area (Å²) in [4.78, 5) is 64.8. The number of thioether (sulfide) groups is 1. The molecule has 1 aromatic heterocycles. The molecule has 2 amide bonds. The summed E-state index contributed by atoms with van der Waals surface area (Å²) in [5.41, 5.74) is 0.641. The van der Waals surface area contributed by atoms with Crippen molar-refractivity contribution in [3.05, 3.63) is 72.7 Å². The summed E-state index contributed by atoms with van der Waals surface area (Å²) in [5.74, 6) is -2.38. The van der Waals surface area contributed by atoms with Gasteiger partial charge in [-0.3, -0.25) is 33.9 Å². The van der Waals surface area contributed by atoms with E-state index in [0.29, 0.717) is 27.0 Å². The van der Waals surface area contributed by atoms with Crippen LogP contribution < -0.4 is 19.2 Å². The number of methoxy groups -OCH3 is 2. The third kappa shape index (κ3) is 4.52. The zero-order chi connectivity index (χ0) is 28.7. The van der Waals surface area contributed by atoms with Gasteiger partial charge >= 0.3 is 10.8 Å². The van der Waals surface area contributed by atoms with Crippen LogP contribution in [0.25, 0.3) is 0 Å². The molecule has 0 aliphatic carbocycles. The first-order valence-electron chi connectivity index (χ1n) is 12.1. The van der Waals surface area contributed by atoms with E-state index in [1.54, 1.807) is 25.1 Å². The fraction of sp³-hybridized carbons (Fsp3) is 0.308. The van der Waals surface area contributed by atoms with Gasteiger partial charge in [0.2, 0.25) is 11.8 Å². The van der Waals surface area contributed by atoms with Gasteiger partial charge < -0.3 is 14.2 Å². The zero-order valence-corrected chi connectivity index (χ0v) is 23.2. The molecule has 2 unspecified atom stereocenters. The van der Waals surface area contributed by atoms with Crippen LogP contribution in [-0.4, -0.2) is 53.4 Å². The van der Waals surface area contributed by atoms with Crippen molar-refractivity contribution in [1.29, 1.82) is 0 Å². The molecule has 2 aromatic carbocycles. The molecule has 0 spiro atoms. The van der Waals surface area contributed by atoms with Crippen molar-refractivity contribution >= 4 is 52.3 Å². The molecule has 0 bridgehead atoms. The Balaban J connectivity index is 1.65. The number of esters is 1. The van der Waals surface area contributed by atoms with Crippen molar-refractivity contribution in [3.63, 3.8) is 0 Å². The normalized spacial score (nSPS) is 19.7. The van der Waals surface area contributed by atoms with E-state index in [-0.39, 0.29) is 24.5 Å². The second-order valence-corrected chi connectivity index (χ2v) is 11.0. The predicted octanol–water partition coefficient (Wildman–Crippen LogP) is 3.19. The quantitative estimate of drug-likeness (QED) is 0.167. The number of hydrogen-bond donors (Lipinski definition) is 0. The van der Waals surface area contributed by atoms with Crippen molar-refractivity contribution in [1.82, 2.24) is 4.57 Å². The minimum atomic E-state index is -0.921. The lowest BCUT2D eigenvalue weighted by Gasteiger charge is -2.31. The number of carbonyl (C=O) groups excluding carboxylic acids is 3. The summed E-state index contributed by atoms with van der Waals surface area (Å²) in [7, 11) is 2.97. The number of nitro benzene ring substituents is 1. The number of ether oxygens (including phenoxy) is 3. The van der Waals surface area contributed by atoms with Crippen molar-refractivity contribution in [3.8, 4) is 11.5 Å². The zero-order valence-electron chi connectivity index (χ0n) is 21.5. The van der Waals surface area contributed by atoms with E-state index in [4.69, 9.17) is 14.2 Å². The average Bonchev–Trinajstić information content (AvgIpc) is 3.38. The predicted molar refractivity (Wildman–Crippen MR) is 145 cm³/mol. The maximum atomic E-state index is 13.9. The summed E-state index contributed by atoms with van der Waals surface area (Å²) >= 11 is 1.97. The first-order chi connectivity index (χ1) is 19.2. The van der Waals surface area contributed by atoms with Gasteiger partial charge in [0.05, 0.1) is 42.4 Å². The summed E-state index contributed by atoms with van der Waals surface area (Å²) < 4.78 is 17.1. The molecule has 0 N–H and O–H groups in total. The van der Waals surface area contributed by atoms with E-state index >= 15 is 0 Å². The van der Waals surface area contributed by atoms with Crippen LogP contribution in [0.3, 0.4) is 0 Å². The Labute approximate surface area is 235 Å². The molecule has 1 fully saturated rings. The van der Waals surface area contributed by atoms with Crippen molar-refractivity contribution in [2.24, 2.45) is 5.92 Å². The molecule has 0 radical (unpaired) electrons. The van der Waals surface area contributed by atoms with E-state index in [0.717, 1.165) is 28.0 Å². The van der Waals surface area contributed by atoms with Crippen LogP contribution in [0.2, 0.25) is 0 Å². The molecule has 2 aliphatic heterocycles. The van der Waals surface area contributed by atoms with E-state index in [1.165, 1.54) is 43.1 Å². The number of rotatable bonds is 8. The molecule has 3 heterocycles. The molecule has 12 nitrogen and oxygen atoms in total. The molecule has 3 aromatic rings. The van der Waals surface area contributed by atoms with Gasteiger partial charge in [0.15, 0.2) is 11.5 Å². The van der Waals surface area contributed by atoms with Crippen molar-refractivity contribution in [2.75, 3.05) is 25.7 Å². The highest BCUT2D eigenvalue weighted by atomic mass is 32.2. The number of aromatic nitrogens is 1. The maximum absolute atomic E-state index is 13.9. The van der Waals surface area contributed by atoms with Gasteiger partial charge in [0.1, 0.15) is 11.8 Å². The molecule has 208 valence electrons. The summed E-state index contributed by atoms with van der Waals surface area (Å²) in [6.45, 7) is 1.46. The van der Waals surface area contributed by atoms with Crippen LogP contribution in [-0.2, 0) is 25.7 Å². The molecular weight excluding hydrogens is 562 g/mol. The number of nitrogens with zero attached hydrogens (tertiary/aromatic N) is 3. The van der Waals surface area contributed by atoms with Gasteiger partial charge in [0.25, 0.3) is 5.69 Å². The minimum Gasteiger partial charge on any atom is -0.493 e. The van der Waals surface area contributed by atoms with Crippen LogP contribution in [0.15, 0.2) is 52.3 Å². The molecule has 1 saturated heterocycles. The lowest BCUT2D eigenvalue weighted by atomic mass is 9.83. The number of anilines is 1. The Bertz CT molecular complexity index is 1580. The topological polar surface area (TPSA) is 147 Å². The summed E-state index contributed by atoms with van der Waals surface area (Å²) in [6.07, 6.45) is 0. The largest absolute Gasteiger partial charge is 0.493 e. The average molecular weight is 586 g/mol. The number of amides is 2. The first-order valence-corrected chi connectivity index (χ1v) is 13.8. The molecule has 14 heteroatoms. The molecule has 2 aliphatic rings. The van der Waals surface area contributed by atoms with Crippen molar-refractivity contribution < 1.29 is 33.5 Å². The van der Waals surface area contributed by atoms with E-state index in [1.807, 2.05) is 0 Å². The van der Waals surface area contributed by atoms with Gasteiger partial charge in [-0.15, -0.1) is 0 Å². The highest BCUT2D eigenvalue weighted by Crippen LogP contribution is 2.54. The number of fused-ring (bicyclic) bond motifs is 2. The summed E-state index contributed by atoms with van der Waals surface area (Å²) in [5, 5.41) is 10.6. The second kappa shape index (κ2) is 10.8. The Morgan fingerprint density at radius 3 is 2.35 bits per heavy atom. The lowest BCUT2D eigenvalue weighted by Crippen LogP contribution is -2.32. The molecule has 0 saturated carbocycles. The molecule has 5 rings (SSSR count). The Kier molecular flexibility index (Phi) is 7.38. The first kappa shape index (κ1) is 27.4. The van der Waals surface area contributed by atoms with Crippen LogP contribution in [0.1, 0.15) is 23.3 Å². The van der Waals surface area contributed by atoms with Gasteiger partial charge in [0, 0.05) is 22.9 Å². The van der Waals surface area contributed by atoms with Crippen LogP contribution in [0.4, 0.5) is 11.4 Å². The highest BCUT2D eigenvalue weighted by Gasteiger charge is 2.57. The highest BCUT2D eigenvalue weighted by molar-refractivity contribution is 8.00. The number of imide groups is 1. The number of carbonyl (C=O) groups is 3. The van der Waals surface area contributed by atoms with Crippen LogP contribution >= 0.6 is 23.1 Å². The lowest BCUT2D eigenvalue weighted by molar-refractivity contribution is -0.384. The molecule has 40 heavy (non-hydrogen) atoms. The number of thiazole rings is 1. The Morgan fingerprint density at radius 1 is 1.02 bits per heavy atom. The van der Waals surface area contributed by atoms with E-state index in [9.17, 15) is 29.3 Å². The van der Waals surface area contributed by atoms with Crippen molar-refractivity contribution in [2.45, 2.75) is 29.7 Å². The third-order valence-electron chi connectivity index (χ3n) is 6.73. The second-order valence-electron chi connectivity index (χ2n) is 8.87. The Hall–Kier alpha value is -4.17. The SMILES string of the molecule is CCOC(=O)Cn1c2c(sc1=O)[C@H](c1ccc(OC)c(OC)c1)C1C(=O)N(c3ccc([N+](=O)[O-])cc3)C(=O)C1S2. The number of benzene rings is 2. The van der Waals surface area contributed by atoms with Crippen LogP contribution in [0.5, 0.6) is 11.5 Å². The van der Waals surface area contributed by atoms with Gasteiger partial charge in [-0.05, 0) is 36.8 Å². The molecule has 3 atom stereocenters.